The standard InChI is InChI=1S/C28H37N5O3/c1-5-22-23-26(34)30-24(18-6-8-20(9-7-18)27(35)32-14-16-36-17-15-32)31-33(23)25(29-22)19-10-12-21(13-11-19)28(2,3)4/h6-9,19,21H,5,10-17H2,1-4H3,(H,30,31,34). The summed E-state index contributed by atoms with van der Waals surface area (Å²) in [6, 6.07) is 7.31. The summed E-state index contributed by atoms with van der Waals surface area (Å²) in [5.74, 6) is 2.39. The van der Waals surface area contributed by atoms with Crippen LogP contribution in [-0.4, -0.2) is 56.7 Å². The summed E-state index contributed by atoms with van der Waals surface area (Å²) in [7, 11) is 0. The summed E-state index contributed by atoms with van der Waals surface area (Å²) in [4.78, 5) is 35.7. The number of hydrogen-bond donors (Lipinski definition) is 1. The van der Waals surface area contributed by atoms with Crippen molar-refractivity contribution in [3.05, 3.63) is 51.7 Å². The zero-order valence-corrected chi connectivity index (χ0v) is 21.8. The van der Waals surface area contributed by atoms with Gasteiger partial charge in [-0.3, -0.25) is 9.59 Å². The average Bonchev–Trinajstić information content (AvgIpc) is 3.28. The topological polar surface area (TPSA) is 92.6 Å². The maximum atomic E-state index is 13.2. The van der Waals surface area contributed by atoms with E-state index < -0.39 is 0 Å². The fourth-order valence-electron chi connectivity index (χ4n) is 5.67. The molecule has 1 aliphatic carbocycles. The van der Waals surface area contributed by atoms with Crippen LogP contribution in [0.15, 0.2) is 29.1 Å². The van der Waals surface area contributed by atoms with Crippen molar-refractivity contribution in [1.82, 2.24) is 24.5 Å². The Balaban J connectivity index is 1.45. The third-order valence-electron chi connectivity index (χ3n) is 7.95. The van der Waals surface area contributed by atoms with Crippen molar-refractivity contribution in [3.63, 3.8) is 0 Å². The molecule has 1 saturated heterocycles. The number of nitrogens with one attached hydrogen (secondary N) is 1. The van der Waals surface area contributed by atoms with E-state index in [4.69, 9.17) is 14.8 Å². The molecule has 1 amide bonds. The fraction of sp³-hybridized carbons (Fsp3) is 0.571. The van der Waals surface area contributed by atoms with Crippen LogP contribution in [0.4, 0.5) is 0 Å². The van der Waals surface area contributed by atoms with Crippen LogP contribution < -0.4 is 5.56 Å². The molecule has 3 heterocycles. The molecule has 2 aromatic heterocycles. The van der Waals surface area contributed by atoms with Crippen LogP contribution in [-0.2, 0) is 11.2 Å². The number of carbonyl (C=O) groups is 1. The third-order valence-corrected chi connectivity index (χ3v) is 7.95. The lowest BCUT2D eigenvalue weighted by Gasteiger charge is -2.36. The van der Waals surface area contributed by atoms with E-state index in [-0.39, 0.29) is 11.5 Å². The van der Waals surface area contributed by atoms with E-state index in [1.165, 1.54) is 12.8 Å². The minimum Gasteiger partial charge on any atom is -0.378 e. The molecule has 0 atom stereocenters. The molecule has 1 aromatic carbocycles. The molecule has 2 aliphatic rings. The van der Waals surface area contributed by atoms with Crippen LogP contribution in [0.1, 0.15) is 81.2 Å². The zero-order chi connectivity index (χ0) is 25.4. The van der Waals surface area contributed by atoms with Crippen molar-refractivity contribution in [2.24, 2.45) is 11.3 Å². The van der Waals surface area contributed by atoms with Crippen molar-refractivity contribution in [3.8, 4) is 11.4 Å². The van der Waals surface area contributed by atoms with Gasteiger partial charge in [0.2, 0.25) is 0 Å². The van der Waals surface area contributed by atoms with Gasteiger partial charge in [0.15, 0.2) is 11.3 Å². The van der Waals surface area contributed by atoms with E-state index in [9.17, 15) is 9.59 Å². The highest BCUT2D eigenvalue weighted by Crippen LogP contribution is 2.43. The van der Waals surface area contributed by atoms with Gasteiger partial charge in [0.05, 0.1) is 18.9 Å². The number of H-pyrrole nitrogens is 1. The highest BCUT2D eigenvalue weighted by molar-refractivity contribution is 5.94. The van der Waals surface area contributed by atoms with Gasteiger partial charge in [-0.25, -0.2) is 9.50 Å². The second-order valence-electron chi connectivity index (χ2n) is 11.2. The second kappa shape index (κ2) is 9.81. The lowest BCUT2D eigenvalue weighted by atomic mass is 9.70. The van der Waals surface area contributed by atoms with Crippen LogP contribution in [0, 0.1) is 11.3 Å². The minimum atomic E-state index is -0.174. The zero-order valence-electron chi connectivity index (χ0n) is 21.8. The van der Waals surface area contributed by atoms with Crippen molar-refractivity contribution in [1.29, 1.82) is 0 Å². The molecule has 1 N–H and O–H groups in total. The number of imidazole rings is 1. The molecule has 0 radical (unpaired) electrons. The van der Waals surface area contributed by atoms with Gasteiger partial charge in [-0.05, 0) is 55.6 Å². The predicted molar refractivity (Wildman–Crippen MR) is 139 cm³/mol. The molecular formula is C28H37N5O3. The molecular weight excluding hydrogens is 454 g/mol. The van der Waals surface area contributed by atoms with Gasteiger partial charge in [0, 0.05) is 30.1 Å². The van der Waals surface area contributed by atoms with Gasteiger partial charge in [-0.15, -0.1) is 5.10 Å². The molecule has 8 nitrogen and oxygen atoms in total. The Morgan fingerprint density at radius 3 is 2.36 bits per heavy atom. The fourth-order valence-corrected chi connectivity index (χ4v) is 5.67. The Bertz CT molecular complexity index is 1290. The Kier molecular flexibility index (Phi) is 6.72. The molecule has 5 rings (SSSR count). The largest absolute Gasteiger partial charge is 0.378 e. The van der Waals surface area contributed by atoms with Gasteiger partial charge in [-0.2, -0.15) is 0 Å². The third kappa shape index (κ3) is 4.71. The Morgan fingerprint density at radius 1 is 1.08 bits per heavy atom. The van der Waals surface area contributed by atoms with E-state index in [2.05, 4.69) is 25.8 Å². The number of aromatic amines is 1. The number of carbonyl (C=O) groups excluding carboxylic acids is 1. The van der Waals surface area contributed by atoms with Crippen LogP contribution in [0.5, 0.6) is 0 Å². The van der Waals surface area contributed by atoms with Gasteiger partial charge >= 0.3 is 0 Å². The summed E-state index contributed by atoms with van der Waals surface area (Å²) in [5.41, 5.74) is 2.87. The number of aryl methyl sites for hydroxylation is 1. The monoisotopic (exact) mass is 491 g/mol. The molecule has 3 aromatic rings. The van der Waals surface area contributed by atoms with Crippen LogP contribution in [0.25, 0.3) is 16.9 Å². The Labute approximate surface area is 212 Å². The van der Waals surface area contributed by atoms with E-state index >= 15 is 0 Å². The summed E-state index contributed by atoms with van der Waals surface area (Å²) in [5, 5.41) is 4.87. The number of amides is 1. The second-order valence-corrected chi connectivity index (χ2v) is 11.2. The van der Waals surface area contributed by atoms with Crippen molar-refractivity contribution >= 4 is 11.4 Å². The molecule has 1 saturated carbocycles. The van der Waals surface area contributed by atoms with Crippen LogP contribution in [0.3, 0.4) is 0 Å². The summed E-state index contributed by atoms with van der Waals surface area (Å²) in [6.07, 6.45) is 5.14. The molecule has 8 heteroatoms. The number of benzene rings is 1. The molecule has 192 valence electrons. The van der Waals surface area contributed by atoms with Crippen LogP contribution >= 0.6 is 0 Å². The minimum absolute atomic E-state index is 0.00269. The molecule has 0 spiro atoms. The smallest absolute Gasteiger partial charge is 0.277 e. The summed E-state index contributed by atoms with van der Waals surface area (Å²) < 4.78 is 7.14. The highest BCUT2D eigenvalue weighted by atomic mass is 16.5. The SMILES string of the molecule is CCc1nc(C2CCC(C(C)(C)C)CC2)n2nc(-c3ccc(C(=O)N4CCOCC4)cc3)[nH]c(=O)c12. The molecule has 0 bridgehead atoms. The average molecular weight is 492 g/mol. The number of nitrogens with zero attached hydrogens (tertiary/aromatic N) is 4. The van der Waals surface area contributed by atoms with Gasteiger partial charge in [0.25, 0.3) is 11.5 Å². The van der Waals surface area contributed by atoms with Gasteiger partial charge < -0.3 is 14.6 Å². The molecule has 36 heavy (non-hydrogen) atoms. The van der Waals surface area contributed by atoms with E-state index in [0.717, 1.165) is 29.9 Å². The number of hydrogen-bond acceptors (Lipinski definition) is 5. The molecule has 1 aliphatic heterocycles. The van der Waals surface area contributed by atoms with E-state index in [0.29, 0.717) is 66.9 Å². The number of fused-ring (bicyclic) bond motifs is 1. The maximum Gasteiger partial charge on any atom is 0.277 e. The van der Waals surface area contributed by atoms with Crippen molar-refractivity contribution in [2.75, 3.05) is 26.3 Å². The number of aromatic nitrogens is 4. The number of ether oxygens (including phenoxy) is 1. The summed E-state index contributed by atoms with van der Waals surface area (Å²) in [6.45, 7) is 11.3. The normalized spacial score (nSPS) is 21.2. The van der Waals surface area contributed by atoms with E-state index in [1.54, 1.807) is 16.6 Å². The first-order valence-electron chi connectivity index (χ1n) is 13.3. The predicted octanol–water partition coefficient (Wildman–Crippen LogP) is 4.44. The van der Waals surface area contributed by atoms with Crippen molar-refractivity contribution < 1.29 is 9.53 Å². The van der Waals surface area contributed by atoms with Gasteiger partial charge in [0.1, 0.15) is 5.82 Å². The van der Waals surface area contributed by atoms with Gasteiger partial charge in [-0.1, -0.05) is 39.8 Å². The first-order valence-corrected chi connectivity index (χ1v) is 13.3. The lowest BCUT2D eigenvalue weighted by Crippen LogP contribution is -2.40. The highest BCUT2D eigenvalue weighted by Gasteiger charge is 2.33. The first-order chi connectivity index (χ1) is 17.3. The van der Waals surface area contributed by atoms with E-state index in [1.807, 2.05) is 24.0 Å². The summed E-state index contributed by atoms with van der Waals surface area (Å²) >= 11 is 0. The Hall–Kier alpha value is -3.00. The van der Waals surface area contributed by atoms with Crippen molar-refractivity contribution in [2.45, 2.75) is 65.7 Å². The Morgan fingerprint density at radius 2 is 1.75 bits per heavy atom. The maximum absolute atomic E-state index is 13.2. The molecule has 0 unspecified atom stereocenters. The number of rotatable bonds is 4. The number of morpholine rings is 1. The molecule has 2 fully saturated rings. The quantitative estimate of drug-likeness (QED) is 0.583. The first kappa shape index (κ1) is 24.7. The lowest BCUT2D eigenvalue weighted by molar-refractivity contribution is 0.0303. The van der Waals surface area contributed by atoms with Crippen LogP contribution in [0.2, 0.25) is 0 Å².